The Morgan fingerprint density at radius 2 is 1.56 bits per heavy atom. The van der Waals surface area contributed by atoms with Gasteiger partial charge in [0.1, 0.15) is 11.6 Å². The van der Waals surface area contributed by atoms with E-state index in [0.29, 0.717) is 10.8 Å². The molecule has 1 aliphatic rings. The molecule has 0 amide bonds. The third-order valence-electron chi connectivity index (χ3n) is 4.97. The average molecular weight is 489 g/mol. The van der Waals surface area contributed by atoms with Crippen LogP contribution in [0, 0.1) is 11.6 Å². The minimum atomic E-state index is -4.79. The zero-order chi connectivity index (χ0) is 23.1. The van der Waals surface area contributed by atoms with Crippen LogP contribution >= 0.6 is 11.3 Å². The second kappa shape index (κ2) is 8.41. The van der Waals surface area contributed by atoms with Crippen molar-refractivity contribution in [3.05, 3.63) is 65.0 Å². The molecule has 1 fully saturated rings. The Hall–Kier alpha value is -2.57. The Morgan fingerprint density at radius 1 is 0.938 bits per heavy atom. The summed E-state index contributed by atoms with van der Waals surface area (Å²) in [6.45, 7) is 0.353. The van der Waals surface area contributed by atoms with Gasteiger partial charge in [-0.15, -0.1) is 11.3 Å². The molecule has 2 aromatic carbocycles. The summed E-state index contributed by atoms with van der Waals surface area (Å²) < 4.78 is 93.5. The first-order valence-corrected chi connectivity index (χ1v) is 11.7. The van der Waals surface area contributed by atoms with Gasteiger partial charge in [-0.25, -0.2) is 22.2 Å². The number of hydrogen-bond donors (Lipinski definition) is 0. The number of anilines is 1. The van der Waals surface area contributed by atoms with Gasteiger partial charge in [0.05, 0.1) is 16.2 Å². The van der Waals surface area contributed by atoms with Gasteiger partial charge < -0.3 is 4.90 Å². The summed E-state index contributed by atoms with van der Waals surface area (Å²) in [4.78, 5) is 5.38. The number of aromatic nitrogens is 1. The fourth-order valence-corrected chi connectivity index (χ4v) is 5.95. The summed E-state index contributed by atoms with van der Waals surface area (Å²) in [5.41, 5.74) is -0.554. The van der Waals surface area contributed by atoms with E-state index in [9.17, 15) is 30.4 Å². The highest BCUT2D eigenvalue weighted by Crippen LogP contribution is 2.36. The smallest absolute Gasteiger partial charge is 0.345 e. The number of thiazole rings is 1. The monoisotopic (exact) mass is 489 g/mol. The van der Waals surface area contributed by atoms with E-state index in [1.807, 2.05) is 0 Å². The van der Waals surface area contributed by atoms with E-state index < -0.39 is 38.3 Å². The minimum absolute atomic E-state index is 0.0297. The van der Waals surface area contributed by atoms with E-state index in [0.717, 1.165) is 40.7 Å². The Balaban J connectivity index is 1.50. The quantitative estimate of drug-likeness (QED) is 0.502. The molecule has 0 radical (unpaired) electrons. The summed E-state index contributed by atoms with van der Waals surface area (Å²) in [5, 5.41) is 2.16. The van der Waals surface area contributed by atoms with E-state index in [2.05, 4.69) is 4.98 Å². The van der Waals surface area contributed by atoms with Gasteiger partial charge in [-0.3, -0.25) is 0 Å². The molecule has 32 heavy (non-hydrogen) atoms. The van der Waals surface area contributed by atoms with Gasteiger partial charge in [0.25, 0.3) is 0 Å². The number of alkyl halides is 3. The molecule has 0 N–H and O–H groups in total. The Morgan fingerprint density at radius 3 is 2.19 bits per heavy atom. The van der Waals surface area contributed by atoms with Crippen LogP contribution in [-0.2, 0) is 16.2 Å². The molecule has 1 saturated heterocycles. The Bertz CT molecular complexity index is 1220. The standard InChI is InChI=1S/C20H16F5N3O2S2/c21-14-9-13(10-15(22)11-14)17-12-31-19(26-17)27-5-7-28(8-6-27)32(29,30)18-4-2-1-3-16(18)20(23,24)25/h1-4,9-12H,5-8H2. The molecule has 170 valence electrons. The maximum absolute atomic E-state index is 13.5. The van der Waals surface area contributed by atoms with Crippen molar-refractivity contribution < 1.29 is 30.4 Å². The minimum Gasteiger partial charge on any atom is -0.345 e. The van der Waals surface area contributed by atoms with Crippen LogP contribution in [0.4, 0.5) is 27.1 Å². The van der Waals surface area contributed by atoms with Gasteiger partial charge in [-0.1, -0.05) is 12.1 Å². The molecule has 0 spiro atoms. The maximum Gasteiger partial charge on any atom is 0.417 e. The molecule has 0 saturated carbocycles. The molecule has 0 aliphatic carbocycles. The van der Waals surface area contributed by atoms with Crippen molar-refractivity contribution in [2.24, 2.45) is 0 Å². The lowest BCUT2D eigenvalue weighted by Crippen LogP contribution is -2.48. The van der Waals surface area contributed by atoms with Crippen molar-refractivity contribution in [2.45, 2.75) is 11.1 Å². The molecule has 0 atom stereocenters. The lowest BCUT2D eigenvalue weighted by atomic mass is 10.1. The molecule has 12 heteroatoms. The van der Waals surface area contributed by atoms with Crippen LogP contribution in [0.25, 0.3) is 11.3 Å². The summed E-state index contributed by atoms with van der Waals surface area (Å²) in [6.07, 6.45) is -4.79. The van der Waals surface area contributed by atoms with E-state index in [1.54, 1.807) is 10.3 Å². The molecule has 4 rings (SSSR count). The normalized spacial score (nSPS) is 15.8. The molecular weight excluding hydrogens is 473 g/mol. The zero-order valence-electron chi connectivity index (χ0n) is 16.3. The van der Waals surface area contributed by atoms with Crippen LogP contribution in [0.2, 0.25) is 0 Å². The first-order chi connectivity index (χ1) is 15.1. The third-order valence-corrected chi connectivity index (χ3v) is 7.83. The topological polar surface area (TPSA) is 53.5 Å². The molecule has 1 aliphatic heterocycles. The molecule has 1 aromatic heterocycles. The highest BCUT2D eigenvalue weighted by Gasteiger charge is 2.39. The first kappa shape index (κ1) is 22.6. The number of hydrogen-bond acceptors (Lipinski definition) is 5. The van der Waals surface area contributed by atoms with E-state index >= 15 is 0 Å². The third kappa shape index (κ3) is 4.48. The molecule has 2 heterocycles. The molecular formula is C20H16F5N3O2S2. The van der Waals surface area contributed by atoms with Gasteiger partial charge in [-0.2, -0.15) is 17.5 Å². The number of nitrogens with zero attached hydrogens (tertiary/aromatic N) is 3. The van der Waals surface area contributed by atoms with Crippen molar-refractivity contribution in [3.63, 3.8) is 0 Å². The van der Waals surface area contributed by atoms with Gasteiger partial charge in [0.2, 0.25) is 10.0 Å². The molecule has 0 unspecified atom stereocenters. The van der Waals surface area contributed by atoms with Crippen LogP contribution < -0.4 is 4.90 Å². The number of halogens is 5. The van der Waals surface area contributed by atoms with Crippen LogP contribution in [-0.4, -0.2) is 43.9 Å². The van der Waals surface area contributed by atoms with Crippen molar-refractivity contribution in [2.75, 3.05) is 31.1 Å². The predicted octanol–water partition coefficient (Wildman–Crippen LogP) is 4.62. The zero-order valence-corrected chi connectivity index (χ0v) is 17.9. The van der Waals surface area contributed by atoms with Crippen molar-refractivity contribution >= 4 is 26.5 Å². The van der Waals surface area contributed by atoms with Gasteiger partial charge in [0, 0.05) is 43.2 Å². The van der Waals surface area contributed by atoms with Crippen molar-refractivity contribution in [1.29, 1.82) is 0 Å². The number of rotatable bonds is 4. The Labute approximate surface area is 184 Å². The average Bonchev–Trinajstić information content (AvgIpc) is 3.23. The molecule has 0 bridgehead atoms. The maximum atomic E-state index is 13.5. The van der Waals surface area contributed by atoms with Crippen LogP contribution in [0.5, 0.6) is 0 Å². The molecule has 3 aromatic rings. The highest BCUT2D eigenvalue weighted by atomic mass is 32.2. The lowest BCUT2D eigenvalue weighted by molar-refractivity contribution is -0.139. The van der Waals surface area contributed by atoms with Gasteiger partial charge in [-0.05, 0) is 24.3 Å². The first-order valence-electron chi connectivity index (χ1n) is 9.39. The summed E-state index contributed by atoms with van der Waals surface area (Å²) >= 11 is 1.23. The lowest BCUT2D eigenvalue weighted by Gasteiger charge is -2.34. The SMILES string of the molecule is O=S(=O)(c1ccccc1C(F)(F)F)N1CCN(c2nc(-c3cc(F)cc(F)c3)cs2)CC1. The van der Waals surface area contributed by atoms with Crippen molar-refractivity contribution in [3.8, 4) is 11.3 Å². The van der Waals surface area contributed by atoms with E-state index in [-0.39, 0.29) is 31.7 Å². The van der Waals surface area contributed by atoms with Crippen LogP contribution in [0.1, 0.15) is 5.56 Å². The van der Waals surface area contributed by atoms with Crippen LogP contribution in [0.3, 0.4) is 0 Å². The summed E-state index contributed by atoms with van der Waals surface area (Å²) in [6, 6.07) is 7.17. The second-order valence-electron chi connectivity index (χ2n) is 7.06. The number of benzene rings is 2. The fourth-order valence-electron chi connectivity index (χ4n) is 3.43. The number of piperazine rings is 1. The van der Waals surface area contributed by atoms with Gasteiger partial charge in [0.15, 0.2) is 5.13 Å². The summed E-state index contributed by atoms with van der Waals surface area (Å²) in [5.74, 6) is -1.46. The second-order valence-corrected chi connectivity index (χ2v) is 9.80. The van der Waals surface area contributed by atoms with Gasteiger partial charge >= 0.3 is 6.18 Å². The predicted molar refractivity (Wildman–Crippen MR) is 110 cm³/mol. The Kier molecular flexibility index (Phi) is 5.94. The largest absolute Gasteiger partial charge is 0.417 e. The van der Waals surface area contributed by atoms with E-state index in [1.165, 1.54) is 17.4 Å². The highest BCUT2D eigenvalue weighted by molar-refractivity contribution is 7.89. The van der Waals surface area contributed by atoms with Crippen molar-refractivity contribution in [1.82, 2.24) is 9.29 Å². The number of sulfonamides is 1. The van der Waals surface area contributed by atoms with Crippen LogP contribution in [0.15, 0.2) is 52.7 Å². The summed E-state index contributed by atoms with van der Waals surface area (Å²) in [7, 11) is -4.34. The fraction of sp³-hybridized carbons (Fsp3) is 0.250. The van der Waals surface area contributed by atoms with E-state index in [4.69, 9.17) is 0 Å². The molecule has 5 nitrogen and oxygen atoms in total.